The molecule has 4 nitrogen and oxygen atoms in total. The third-order valence-corrected chi connectivity index (χ3v) is 2.78. The van der Waals surface area contributed by atoms with Crippen molar-refractivity contribution in [2.45, 2.75) is 13.5 Å². The van der Waals surface area contributed by atoms with E-state index in [2.05, 4.69) is 33.3 Å². The fourth-order valence-electron chi connectivity index (χ4n) is 1.89. The van der Waals surface area contributed by atoms with Gasteiger partial charge < -0.3 is 5.32 Å². The third-order valence-electron chi connectivity index (χ3n) is 2.78. The van der Waals surface area contributed by atoms with Crippen LogP contribution in [0, 0.1) is 0 Å². The SMILES string of the molecule is CC1=CCN=C2Nc3ncccc3CN=C12. The monoisotopic (exact) mass is 212 g/mol. The van der Waals surface area contributed by atoms with Crippen LogP contribution in [0.4, 0.5) is 5.82 Å². The topological polar surface area (TPSA) is 49.6 Å². The van der Waals surface area contributed by atoms with Crippen LogP contribution >= 0.6 is 0 Å². The van der Waals surface area contributed by atoms with Crippen LogP contribution in [0.2, 0.25) is 0 Å². The Kier molecular flexibility index (Phi) is 2.06. The highest BCUT2D eigenvalue weighted by molar-refractivity contribution is 6.51. The van der Waals surface area contributed by atoms with Gasteiger partial charge in [0.2, 0.25) is 0 Å². The molecule has 1 N–H and O–H groups in total. The van der Waals surface area contributed by atoms with Crippen LogP contribution in [0.5, 0.6) is 0 Å². The van der Waals surface area contributed by atoms with Crippen molar-refractivity contribution in [3.63, 3.8) is 0 Å². The number of amidine groups is 1. The summed E-state index contributed by atoms with van der Waals surface area (Å²) in [7, 11) is 0. The highest BCUT2D eigenvalue weighted by atomic mass is 15.1. The highest BCUT2D eigenvalue weighted by Gasteiger charge is 2.19. The Balaban J connectivity index is 2.07. The predicted molar refractivity (Wildman–Crippen MR) is 65.1 cm³/mol. The second-order valence-corrected chi connectivity index (χ2v) is 3.88. The van der Waals surface area contributed by atoms with Crippen LogP contribution in [0.25, 0.3) is 0 Å². The maximum atomic E-state index is 4.58. The molecule has 0 atom stereocenters. The van der Waals surface area contributed by atoms with E-state index in [0.717, 1.165) is 29.5 Å². The Morgan fingerprint density at radius 1 is 1.31 bits per heavy atom. The van der Waals surface area contributed by atoms with Crippen LogP contribution in [0.3, 0.4) is 0 Å². The Labute approximate surface area is 93.8 Å². The van der Waals surface area contributed by atoms with Gasteiger partial charge in [0.15, 0.2) is 5.84 Å². The van der Waals surface area contributed by atoms with E-state index in [1.807, 2.05) is 12.1 Å². The molecular formula is C12H12N4. The molecular weight excluding hydrogens is 200 g/mol. The second kappa shape index (κ2) is 3.56. The maximum absolute atomic E-state index is 4.58. The van der Waals surface area contributed by atoms with E-state index in [-0.39, 0.29) is 0 Å². The molecule has 1 aromatic heterocycles. The lowest BCUT2D eigenvalue weighted by atomic mass is 10.1. The summed E-state index contributed by atoms with van der Waals surface area (Å²) < 4.78 is 0. The smallest absolute Gasteiger partial charge is 0.153 e. The minimum absolute atomic E-state index is 0.662. The molecule has 0 amide bonds. The van der Waals surface area contributed by atoms with Crippen molar-refractivity contribution in [3.8, 4) is 0 Å². The van der Waals surface area contributed by atoms with Crippen molar-refractivity contribution in [2.24, 2.45) is 9.98 Å². The number of fused-ring (bicyclic) bond motifs is 2. The molecule has 0 fully saturated rings. The molecule has 16 heavy (non-hydrogen) atoms. The molecule has 80 valence electrons. The lowest BCUT2D eigenvalue weighted by Gasteiger charge is -2.13. The van der Waals surface area contributed by atoms with E-state index in [9.17, 15) is 0 Å². The minimum atomic E-state index is 0.662. The number of hydrogen-bond acceptors (Lipinski definition) is 4. The van der Waals surface area contributed by atoms with Gasteiger partial charge in [0, 0.05) is 11.8 Å². The summed E-state index contributed by atoms with van der Waals surface area (Å²) in [4.78, 5) is 13.3. The summed E-state index contributed by atoms with van der Waals surface area (Å²) in [5.74, 6) is 1.71. The van der Waals surface area contributed by atoms with E-state index < -0.39 is 0 Å². The molecule has 0 radical (unpaired) electrons. The lowest BCUT2D eigenvalue weighted by molar-refractivity contribution is 1.06. The van der Waals surface area contributed by atoms with Gasteiger partial charge in [0.1, 0.15) is 11.5 Å². The number of nitrogens with zero attached hydrogens (tertiary/aromatic N) is 3. The van der Waals surface area contributed by atoms with Crippen molar-refractivity contribution in [2.75, 3.05) is 11.9 Å². The molecule has 2 aliphatic rings. The van der Waals surface area contributed by atoms with Crippen molar-refractivity contribution in [1.29, 1.82) is 0 Å². The Morgan fingerprint density at radius 2 is 2.25 bits per heavy atom. The summed E-state index contributed by atoms with van der Waals surface area (Å²) in [6, 6.07) is 3.97. The van der Waals surface area contributed by atoms with Crippen molar-refractivity contribution < 1.29 is 0 Å². The highest BCUT2D eigenvalue weighted by Crippen LogP contribution is 2.19. The van der Waals surface area contributed by atoms with Gasteiger partial charge in [0.05, 0.1) is 13.1 Å². The maximum Gasteiger partial charge on any atom is 0.153 e. The Hall–Kier alpha value is -1.97. The van der Waals surface area contributed by atoms with Crippen molar-refractivity contribution in [3.05, 3.63) is 35.5 Å². The normalized spacial score (nSPS) is 18.2. The average molecular weight is 212 g/mol. The summed E-state index contributed by atoms with van der Waals surface area (Å²) in [5.41, 5.74) is 3.26. The second-order valence-electron chi connectivity index (χ2n) is 3.88. The van der Waals surface area contributed by atoms with Gasteiger partial charge in [-0.1, -0.05) is 12.1 Å². The van der Waals surface area contributed by atoms with Crippen LogP contribution in [-0.2, 0) is 6.54 Å². The van der Waals surface area contributed by atoms with E-state index in [4.69, 9.17) is 0 Å². The molecule has 0 aromatic carbocycles. The fraction of sp³-hybridized carbons (Fsp3) is 0.250. The van der Waals surface area contributed by atoms with Crippen LogP contribution in [0.1, 0.15) is 12.5 Å². The first-order valence-electron chi connectivity index (χ1n) is 5.32. The zero-order valence-corrected chi connectivity index (χ0v) is 9.07. The molecule has 1 aromatic rings. The first kappa shape index (κ1) is 9.27. The van der Waals surface area contributed by atoms with Gasteiger partial charge in [-0.05, 0) is 18.6 Å². The average Bonchev–Trinajstić information content (AvgIpc) is 2.48. The number of dihydropyridines is 1. The quantitative estimate of drug-likeness (QED) is 0.713. The van der Waals surface area contributed by atoms with Crippen LogP contribution in [0.15, 0.2) is 40.0 Å². The number of nitrogens with one attached hydrogen (secondary N) is 1. The molecule has 0 spiro atoms. The van der Waals surface area contributed by atoms with Gasteiger partial charge in [0.25, 0.3) is 0 Å². The zero-order valence-electron chi connectivity index (χ0n) is 9.07. The molecule has 3 rings (SSSR count). The van der Waals surface area contributed by atoms with Crippen molar-refractivity contribution >= 4 is 17.4 Å². The van der Waals surface area contributed by atoms with E-state index in [1.54, 1.807) is 6.20 Å². The first-order chi connectivity index (χ1) is 7.84. The van der Waals surface area contributed by atoms with Crippen LogP contribution < -0.4 is 5.32 Å². The summed E-state index contributed by atoms with van der Waals surface area (Å²) in [6.45, 7) is 3.45. The molecule has 2 aliphatic heterocycles. The van der Waals surface area contributed by atoms with Gasteiger partial charge in [-0.3, -0.25) is 9.98 Å². The largest absolute Gasteiger partial charge is 0.323 e. The van der Waals surface area contributed by atoms with E-state index >= 15 is 0 Å². The summed E-state index contributed by atoms with van der Waals surface area (Å²) >= 11 is 0. The zero-order chi connectivity index (χ0) is 11.0. The van der Waals surface area contributed by atoms with Crippen LogP contribution in [-0.4, -0.2) is 23.1 Å². The van der Waals surface area contributed by atoms with Gasteiger partial charge in [-0.15, -0.1) is 0 Å². The van der Waals surface area contributed by atoms with Gasteiger partial charge >= 0.3 is 0 Å². The standard InChI is InChI=1S/C12H12N4/c1-8-4-6-14-12-10(8)15-7-9-3-2-5-13-11(9)16-12/h2-5H,6-7H2,1H3,(H,13,14,16). The van der Waals surface area contributed by atoms with Crippen molar-refractivity contribution in [1.82, 2.24) is 4.98 Å². The van der Waals surface area contributed by atoms with E-state index in [1.165, 1.54) is 5.57 Å². The Morgan fingerprint density at radius 3 is 3.19 bits per heavy atom. The summed E-state index contributed by atoms with van der Waals surface area (Å²) in [5, 5.41) is 3.26. The van der Waals surface area contributed by atoms with Gasteiger partial charge in [-0.25, -0.2) is 4.98 Å². The molecule has 0 aliphatic carbocycles. The number of anilines is 1. The number of aromatic nitrogens is 1. The molecule has 0 saturated carbocycles. The fourth-order valence-corrected chi connectivity index (χ4v) is 1.89. The number of rotatable bonds is 0. The van der Waals surface area contributed by atoms with Gasteiger partial charge in [-0.2, -0.15) is 0 Å². The molecule has 0 bridgehead atoms. The first-order valence-corrected chi connectivity index (χ1v) is 5.32. The number of pyridine rings is 1. The molecule has 0 unspecified atom stereocenters. The third kappa shape index (κ3) is 1.43. The Bertz CT molecular complexity index is 526. The molecule has 4 heteroatoms. The minimum Gasteiger partial charge on any atom is -0.323 e. The predicted octanol–water partition coefficient (Wildman–Crippen LogP) is 1.81. The number of aliphatic imine (C=N–C) groups is 2. The molecule has 3 heterocycles. The summed E-state index contributed by atoms with van der Waals surface area (Å²) in [6.07, 6.45) is 3.87. The number of hydrogen-bond donors (Lipinski definition) is 1. The molecule has 0 saturated heterocycles. The lowest BCUT2D eigenvalue weighted by Crippen LogP contribution is -2.26. The van der Waals surface area contributed by atoms with E-state index in [0.29, 0.717) is 6.54 Å².